The van der Waals surface area contributed by atoms with Gasteiger partial charge < -0.3 is 4.57 Å². The fourth-order valence-corrected chi connectivity index (χ4v) is 2.91. The van der Waals surface area contributed by atoms with Crippen molar-refractivity contribution in [2.24, 2.45) is 0 Å². The summed E-state index contributed by atoms with van der Waals surface area (Å²) in [6.45, 7) is 2.03. The van der Waals surface area contributed by atoms with E-state index in [9.17, 15) is 5.26 Å². The fourth-order valence-electron chi connectivity index (χ4n) is 2.91. The lowest BCUT2D eigenvalue weighted by molar-refractivity contribution is 0.394. The number of aromatic nitrogens is 2. The van der Waals surface area contributed by atoms with Gasteiger partial charge in [0.2, 0.25) is 0 Å². The Morgan fingerprint density at radius 1 is 1.53 bits per heavy atom. The second-order valence-corrected chi connectivity index (χ2v) is 5.39. The van der Waals surface area contributed by atoms with Crippen LogP contribution in [0.1, 0.15) is 44.0 Å². The predicted molar refractivity (Wildman–Crippen MR) is 64.4 cm³/mol. The van der Waals surface area contributed by atoms with Crippen LogP contribution in [0.25, 0.3) is 0 Å². The summed E-state index contributed by atoms with van der Waals surface area (Å²) in [4.78, 5) is 4.27. The lowest BCUT2D eigenvalue weighted by atomic mass is 9.99. The Morgan fingerprint density at radius 2 is 2.35 bits per heavy atom. The number of imidazole rings is 1. The third-order valence-corrected chi connectivity index (χ3v) is 4.02. The fraction of sp³-hybridized carbons (Fsp3) is 0.692. The maximum Gasteiger partial charge on any atom is 0.109 e. The molecular weight excluding hydrogens is 212 g/mol. The number of hydrogen-bond acceptors (Lipinski definition) is 3. The molecule has 90 valence electrons. The molecule has 0 aliphatic heterocycles. The lowest BCUT2D eigenvalue weighted by Crippen LogP contribution is -2.43. The van der Waals surface area contributed by atoms with Gasteiger partial charge in [-0.25, -0.2) is 4.98 Å². The van der Waals surface area contributed by atoms with Crippen LogP contribution in [-0.4, -0.2) is 21.1 Å². The first-order valence-corrected chi connectivity index (χ1v) is 6.41. The number of nitriles is 1. The summed E-state index contributed by atoms with van der Waals surface area (Å²) in [5.74, 6) is 1.05. The van der Waals surface area contributed by atoms with Crippen molar-refractivity contribution in [1.82, 2.24) is 14.9 Å². The number of aryl methyl sites for hydroxylation is 1. The first-order chi connectivity index (χ1) is 8.22. The van der Waals surface area contributed by atoms with Gasteiger partial charge in [0, 0.05) is 24.5 Å². The first kappa shape index (κ1) is 10.8. The van der Waals surface area contributed by atoms with E-state index in [1.54, 1.807) is 0 Å². The zero-order chi connectivity index (χ0) is 11.9. The number of hydrogen-bond donors (Lipinski definition) is 1. The Kier molecular flexibility index (Phi) is 2.44. The van der Waals surface area contributed by atoms with Gasteiger partial charge in [0.25, 0.3) is 0 Å². The Morgan fingerprint density at radius 3 is 2.94 bits per heavy atom. The van der Waals surface area contributed by atoms with Gasteiger partial charge in [-0.2, -0.15) is 5.26 Å². The van der Waals surface area contributed by atoms with Crippen molar-refractivity contribution in [3.8, 4) is 6.07 Å². The van der Waals surface area contributed by atoms with E-state index in [0.717, 1.165) is 25.1 Å². The Labute approximate surface area is 102 Å². The van der Waals surface area contributed by atoms with E-state index in [2.05, 4.69) is 20.9 Å². The molecule has 2 aliphatic carbocycles. The van der Waals surface area contributed by atoms with E-state index in [4.69, 9.17) is 0 Å². The summed E-state index contributed by atoms with van der Waals surface area (Å²) >= 11 is 0. The van der Waals surface area contributed by atoms with Crippen molar-refractivity contribution >= 4 is 0 Å². The van der Waals surface area contributed by atoms with Crippen LogP contribution in [0, 0.1) is 18.3 Å². The molecule has 1 N–H and O–H groups in total. The number of rotatable bonds is 3. The van der Waals surface area contributed by atoms with Gasteiger partial charge in [0.1, 0.15) is 11.4 Å². The van der Waals surface area contributed by atoms with Crippen LogP contribution in [0.5, 0.6) is 0 Å². The van der Waals surface area contributed by atoms with Crippen LogP contribution in [0.4, 0.5) is 0 Å². The van der Waals surface area contributed by atoms with Crippen molar-refractivity contribution < 1.29 is 0 Å². The third-order valence-electron chi connectivity index (χ3n) is 4.02. The summed E-state index contributed by atoms with van der Waals surface area (Å²) < 4.78 is 2.22. The molecule has 0 amide bonds. The maximum absolute atomic E-state index is 9.44. The average molecular weight is 230 g/mol. The van der Waals surface area contributed by atoms with E-state index >= 15 is 0 Å². The lowest BCUT2D eigenvalue weighted by Gasteiger charge is -2.23. The van der Waals surface area contributed by atoms with E-state index in [1.807, 2.05) is 19.3 Å². The van der Waals surface area contributed by atoms with Crippen LogP contribution in [0.15, 0.2) is 12.4 Å². The van der Waals surface area contributed by atoms with Crippen LogP contribution in [-0.2, 0) is 0 Å². The first-order valence-electron chi connectivity index (χ1n) is 6.41. The Balaban J connectivity index is 1.75. The third kappa shape index (κ3) is 1.96. The summed E-state index contributed by atoms with van der Waals surface area (Å²) in [6.07, 6.45) is 9.29. The summed E-state index contributed by atoms with van der Waals surface area (Å²) in [7, 11) is 0. The van der Waals surface area contributed by atoms with Crippen LogP contribution >= 0.6 is 0 Å². The van der Waals surface area contributed by atoms with Crippen molar-refractivity contribution in [2.75, 3.05) is 0 Å². The van der Waals surface area contributed by atoms with E-state index in [0.29, 0.717) is 12.1 Å². The molecule has 1 heterocycles. The molecule has 2 unspecified atom stereocenters. The highest BCUT2D eigenvalue weighted by Crippen LogP contribution is 2.39. The molecule has 0 saturated heterocycles. The quantitative estimate of drug-likeness (QED) is 0.863. The van der Waals surface area contributed by atoms with E-state index in [1.165, 1.54) is 12.8 Å². The predicted octanol–water partition coefficient (Wildman–Crippen LogP) is 1.93. The van der Waals surface area contributed by atoms with Crippen LogP contribution in [0.2, 0.25) is 0 Å². The summed E-state index contributed by atoms with van der Waals surface area (Å²) in [5.41, 5.74) is -0.289. The molecule has 4 heteroatoms. The molecule has 2 fully saturated rings. The van der Waals surface area contributed by atoms with Crippen molar-refractivity contribution in [3.63, 3.8) is 0 Å². The van der Waals surface area contributed by atoms with Gasteiger partial charge in [-0.15, -0.1) is 0 Å². The smallest absolute Gasteiger partial charge is 0.109 e. The zero-order valence-corrected chi connectivity index (χ0v) is 10.2. The minimum atomic E-state index is -0.289. The summed E-state index contributed by atoms with van der Waals surface area (Å²) in [6, 6.07) is 3.54. The molecule has 3 rings (SSSR count). The number of nitrogens with one attached hydrogen (secondary N) is 1. The van der Waals surface area contributed by atoms with Crippen molar-refractivity contribution in [3.05, 3.63) is 18.2 Å². The molecule has 2 aliphatic rings. The normalized spacial score (nSPS) is 32.6. The largest absolute Gasteiger partial charge is 0.332 e. The highest BCUT2D eigenvalue weighted by Gasteiger charge is 2.43. The van der Waals surface area contributed by atoms with Gasteiger partial charge in [-0.1, -0.05) is 0 Å². The molecule has 1 aromatic rings. The maximum atomic E-state index is 9.44. The second kappa shape index (κ2) is 3.85. The van der Waals surface area contributed by atoms with Crippen LogP contribution < -0.4 is 5.32 Å². The highest BCUT2D eigenvalue weighted by atomic mass is 15.1. The molecular formula is C13H18N4. The molecule has 2 saturated carbocycles. The molecule has 0 radical (unpaired) electrons. The molecule has 0 spiro atoms. The molecule has 1 aromatic heterocycles. The number of nitrogens with zero attached hydrogens (tertiary/aromatic N) is 3. The van der Waals surface area contributed by atoms with Gasteiger partial charge in [-0.3, -0.25) is 5.32 Å². The van der Waals surface area contributed by atoms with Gasteiger partial charge in [0.05, 0.1) is 6.07 Å². The standard InChI is InChI=1S/C13H18N4/c1-10-15-6-7-17(10)12-4-5-13(8-12,9-14)16-11-2-3-11/h6-7,11-12,16H,2-5,8H2,1H3. The van der Waals surface area contributed by atoms with Gasteiger partial charge in [-0.05, 0) is 39.0 Å². The highest BCUT2D eigenvalue weighted by molar-refractivity contribution is 5.15. The monoisotopic (exact) mass is 230 g/mol. The molecule has 17 heavy (non-hydrogen) atoms. The minimum absolute atomic E-state index is 0.289. The Hall–Kier alpha value is -1.34. The van der Waals surface area contributed by atoms with Gasteiger partial charge >= 0.3 is 0 Å². The van der Waals surface area contributed by atoms with Crippen LogP contribution in [0.3, 0.4) is 0 Å². The van der Waals surface area contributed by atoms with E-state index < -0.39 is 0 Å². The molecule has 0 bridgehead atoms. The topological polar surface area (TPSA) is 53.6 Å². The van der Waals surface area contributed by atoms with Crippen molar-refractivity contribution in [1.29, 1.82) is 5.26 Å². The van der Waals surface area contributed by atoms with Gasteiger partial charge in [0.15, 0.2) is 0 Å². The van der Waals surface area contributed by atoms with Crippen molar-refractivity contribution in [2.45, 2.75) is 56.7 Å². The molecule has 2 atom stereocenters. The molecule has 4 nitrogen and oxygen atoms in total. The Bertz CT molecular complexity index is 454. The second-order valence-electron chi connectivity index (χ2n) is 5.39. The molecule has 0 aromatic carbocycles. The SMILES string of the molecule is Cc1nccn1C1CCC(C#N)(NC2CC2)C1. The van der Waals surface area contributed by atoms with E-state index in [-0.39, 0.29) is 5.54 Å². The minimum Gasteiger partial charge on any atom is -0.332 e. The summed E-state index contributed by atoms with van der Waals surface area (Å²) in [5, 5.41) is 13.0. The average Bonchev–Trinajstić information content (AvgIpc) is 2.87. The zero-order valence-electron chi connectivity index (χ0n) is 10.2.